The van der Waals surface area contributed by atoms with Gasteiger partial charge in [-0.15, -0.1) is 0 Å². The van der Waals surface area contributed by atoms with Gasteiger partial charge in [0.2, 0.25) is 0 Å². The molecule has 6 heteroatoms. The van der Waals surface area contributed by atoms with E-state index in [4.69, 9.17) is 15.0 Å². The number of anilines is 6. The minimum Gasteiger partial charge on any atom is -0.311 e. The molecule has 0 atom stereocenters. The summed E-state index contributed by atoms with van der Waals surface area (Å²) in [6, 6.07) is 101. The summed E-state index contributed by atoms with van der Waals surface area (Å²) in [6.07, 6.45) is 0. The Bertz CT molecular complexity index is 4410. The highest BCUT2D eigenvalue weighted by Gasteiger charge is 2.44. The van der Waals surface area contributed by atoms with E-state index in [-0.39, 0.29) is 6.71 Å². The largest absolute Gasteiger partial charge is 0.311 e. The zero-order valence-electron chi connectivity index (χ0n) is 42.9. The van der Waals surface area contributed by atoms with Gasteiger partial charge in [0, 0.05) is 50.8 Å². The molecule has 0 radical (unpaired) electrons. The van der Waals surface area contributed by atoms with E-state index in [0.29, 0.717) is 17.5 Å². The summed E-state index contributed by atoms with van der Waals surface area (Å²) in [5.41, 5.74) is 17.6. The van der Waals surface area contributed by atoms with Crippen LogP contribution in [-0.2, 0) is 0 Å². The van der Waals surface area contributed by atoms with Crippen LogP contribution in [-0.4, -0.2) is 21.7 Å². The lowest BCUT2D eigenvalue weighted by atomic mass is 9.33. The number of nitrogens with zero attached hydrogens (tertiary/aromatic N) is 5. The van der Waals surface area contributed by atoms with Gasteiger partial charge in [0.1, 0.15) is 0 Å². The van der Waals surface area contributed by atoms with E-state index in [1.54, 1.807) is 0 Å². The van der Waals surface area contributed by atoms with Crippen LogP contribution in [0.5, 0.6) is 0 Å². The molecule has 3 heterocycles. The van der Waals surface area contributed by atoms with Crippen molar-refractivity contribution in [3.05, 3.63) is 279 Å². The molecule has 2 aliphatic heterocycles. The molecule has 0 N–H and O–H groups in total. The summed E-state index contributed by atoms with van der Waals surface area (Å²) < 4.78 is 0. The monoisotopic (exact) mass is 1000 g/mol. The molecule has 16 rings (SSSR count). The quantitative estimate of drug-likeness (QED) is 0.118. The lowest BCUT2D eigenvalue weighted by molar-refractivity contribution is 1.07. The molecule has 79 heavy (non-hydrogen) atoms. The Kier molecular flexibility index (Phi) is 10.3. The fourth-order valence-electron chi connectivity index (χ4n) is 12.5. The van der Waals surface area contributed by atoms with Crippen LogP contribution in [0.25, 0.3) is 99.5 Å². The van der Waals surface area contributed by atoms with Gasteiger partial charge in [0.15, 0.2) is 17.5 Å². The van der Waals surface area contributed by atoms with Gasteiger partial charge >= 0.3 is 0 Å². The highest BCUT2D eigenvalue weighted by molar-refractivity contribution is 7.00. The van der Waals surface area contributed by atoms with Crippen LogP contribution in [0.15, 0.2) is 279 Å². The van der Waals surface area contributed by atoms with Crippen LogP contribution in [0.4, 0.5) is 34.1 Å². The molecule has 0 saturated heterocycles. The van der Waals surface area contributed by atoms with Crippen molar-refractivity contribution in [2.75, 3.05) is 9.80 Å². The summed E-state index contributed by atoms with van der Waals surface area (Å²) in [6.45, 7) is -0.159. The summed E-state index contributed by atoms with van der Waals surface area (Å²) in [7, 11) is 0. The van der Waals surface area contributed by atoms with E-state index in [1.165, 1.54) is 70.6 Å². The van der Waals surface area contributed by atoms with Crippen LogP contribution < -0.4 is 26.2 Å². The summed E-state index contributed by atoms with van der Waals surface area (Å²) in [5.74, 6) is 1.82. The molecule has 5 nitrogen and oxygen atoms in total. The number of benzene rings is 13. The molecule has 0 aliphatic carbocycles. The predicted octanol–water partition coefficient (Wildman–Crippen LogP) is 16.9. The van der Waals surface area contributed by atoms with Crippen molar-refractivity contribution in [2.24, 2.45) is 0 Å². The van der Waals surface area contributed by atoms with Gasteiger partial charge < -0.3 is 9.80 Å². The lowest BCUT2D eigenvalue weighted by Gasteiger charge is -2.44. The second-order valence-electron chi connectivity index (χ2n) is 20.7. The second kappa shape index (κ2) is 18.1. The average molecular weight is 1000 g/mol. The number of fused-ring (bicyclic) bond motifs is 10. The van der Waals surface area contributed by atoms with Crippen molar-refractivity contribution in [3.8, 4) is 56.4 Å². The highest BCUT2D eigenvalue weighted by atomic mass is 15.2. The van der Waals surface area contributed by atoms with E-state index in [2.05, 4.69) is 252 Å². The van der Waals surface area contributed by atoms with Gasteiger partial charge in [0.25, 0.3) is 6.71 Å². The lowest BCUT2D eigenvalue weighted by Crippen LogP contribution is -2.61. The van der Waals surface area contributed by atoms with Crippen LogP contribution in [0.2, 0.25) is 0 Å². The number of hydrogen-bond donors (Lipinski definition) is 0. The Labute approximate surface area is 458 Å². The fourth-order valence-corrected chi connectivity index (χ4v) is 12.5. The minimum atomic E-state index is -0.159. The molecule has 1 aromatic heterocycles. The Morgan fingerprint density at radius 2 is 0.582 bits per heavy atom. The Hall–Kier alpha value is -10.4. The summed E-state index contributed by atoms with van der Waals surface area (Å²) >= 11 is 0. The Morgan fingerprint density at radius 3 is 1.00 bits per heavy atom. The van der Waals surface area contributed by atoms with Gasteiger partial charge in [-0.3, -0.25) is 0 Å². The molecule has 0 saturated carbocycles. The van der Waals surface area contributed by atoms with Crippen LogP contribution >= 0.6 is 0 Å². The van der Waals surface area contributed by atoms with Crippen LogP contribution in [0, 0.1) is 0 Å². The maximum atomic E-state index is 5.43. The van der Waals surface area contributed by atoms with Crippen LogP contribution in [0.3, 0.4) is 0 Å². The van der Waals surface area contributed by atoms with E-state index < -0.39 is 0 Å². The molecule has 0 unspecified atom stereocenters. The van der Waals surface area contributed by atoms with E-state index in [9.17, 15) is 0 Å². The standard InChI is InChI=1S/C73H46BN5/c1-5-17-47(18-6-1)49-33-37-58(38-34-49)78-66-45-62-55(31-29-51-21-13-15-27-60(51)62)41-64(66)74-65-42-56-32-30-52-22-14-16-28-61(52)63(56)46-67(65)79(59-39-35-50(36-40-59)48-19-7-2-8-20-48)69-44-57(43-68(78)70(69)74)73-76-71(53-23-9-3-10-24-53)75-72(77-73)54-25-11-4-12-26-54/h1-46H. The van der Waals surface area contributed by atoms with Gasteiger partial charge in [-0.05, 0) is 130 Å². The number of rotatable bonds is 7. The molecule has 13 aromatic carbocycles. The van der Waals surface area contributed by atoms with Crippen molar-refractivity contribution in [3.63, 3.8) is 0 Å². The summed E-state index contributed by atoms with van der Waals surface area (Å²) in [4.78, 5) is 21.0. The molecule has 0 spiro atoms. The third-order valence-electron chi connectivity index (χ3n) is 16.2. The van der Waals surface area contributed by atoms with Crippen molar-refractivity contribution in [1.29, 1.82) is 0 Å². The third-order valence-corrected chi connectivity index (χ3v) is 16.2. The number of aromatic nitrogens is 3. The fraction of sp³-hybridized carbons (Fsp3) is 0. The first-order valence-electron chi connectivity index (χ1n) is 27.0. The highest BCUT2D eigenvalue weighted by Crippen LogP contribution is 2.48. The van der Waals surface area contributed by atoms with Crippen molar-refractivity contribution in [1.82, 2.24) is 15.0 Å². The zero-order valence-corrected chi connectivity index (χ0v) is 42.9. The predicted molar refractivity (Wildman–Crippen MR) is 331 cm³/mol. The second-order valence-corrected chi connectivity index (χ2v) is 20.7. The van der Waals surface area contributed by atoms with Gasteiger partial charge in [-0.2, -0.15) is 0 Å². The number of hydrogen-bond acceptors (Lipinski definition) is 5. The van der Waals surface area contributed by atoms with E-state index in [1.807, 2.05) is 36.4 Å². The maximum Gasteiger partial charge on any atom is 0.252 e. The Balaban J connectivity index is 1.03. The molecular weight excluding hydrogens is 958 g/mol. The van der Waals surface area contributed by atoms with E-state index in [0.717, 1.165) is 61.9 Å². The average Bonchev–Trinajstić information content (AvgIpc) is 3.54. The molecule has 0 amide bonds. The zero-order chi connectivity index (χ0) is 52.0. The molecule has 2 aliphatic rings. The third kappa shape index (κ3) is 7.44. The van der Waals surface area contributed by atoms with Gasteiger partial charge in [-0.1, -0.05) is 231 Å². The van der Waals surface area contributed by atoms with Crippen LogP contribution in [0.1, 0.15) is 0 Å². The Morgan fingerprint density at radius 1 is 0.241 bits per heavy atom. The molecule has 366 valence electrons. The summed E-state index contributed by atoms with van der Waals surface area (Å²) in [5, 5.41) is 9.70. The molecule has 0 bridgehead atoms. The van der Waals surface area contributed by atoms with E-state index >= 15 is 0 Å². The topological polar surface area (TPSA) is 45.2 Å². The van der Waals surface area contributed by atoms with Crippen molar-refractivity contribution in [2.45, 2.75) is 0 Å². The first kappa shape index (κ1) is 44.8. The molecular formula is C73H46BN5. The van der Waals surface area contributed by atoms with Crippen molar-refractivity contribution < 1.29 is 0 Å². The van der Waals surface area contributed by atoms with Crippen molar-refractivity contribution >= 4 is 100 Å². The SMILES string of the molecule is c1ccc(-c2ccc(N3c4cc5c(ccc6ccccc65)cc4B4c5cc6ccc7ccccc7c6cc5N(c5ccc(-c6ccccc6)cc5)c5cc(-c6nc(-c7ccccc7)nc(-c7ccccc7)n6)cc3c54)cc2)cc1. The minimum absolute atomic E-state index is 0.159. The van der Waals surface area contributed by atoms with Gasteiger partial charge in [-0.25, -0.2) is 15.0 Å². The first-order valence-corrected chi connectivity index (χ1v) is 27.0. The van der Waals surface area contributed by atoms with Gasteiger partial charge in [0.05, 0.1) is 0 Å². The smallest absolute Gasteiger partial charge is 0.252 e. The molecule has 14 aromatic rings. The molecule has 0 fully saturated rings. The first-order chi connectivity index (χ1) is 39.1. The normalized spacial score (nSPS) is 12.5. The maximum absolute atomic E-state index is 5.43.